The number of likely N-dealkylation sites (tertiary alicyclic amines) is 1. The van der Waals surface area contributed by atoms with Crippen LogP contribution < -0.4 is 5.84 Å². The summed E-state index contributed by atoms with van der Waals surface area (Å²) in [6.45, 7) is 15.8. The summed E-state index contributed by atoms with van der Waals surface area (Å²) in [4.78, 5) is 5.10. The minimum absolute atomic E-state index is 0.978. The number of nitrogens with zero attached hydrogens (tertiary/aromatic N) is 3. The Labute approximate surface area is 107 Å². The molecule has 0 bridgehead atoms. The fraction of sp³-hybridized carbons (Fsp3) is 1.00. The summed E-state index contributed by atoms with van der Waals surface area (Å²) in [6.07, 6.45) is 1.35. The van der Waals surface area contributed by atoms with Crippen molar-refractivity contribution in [2.45, 2.75) is 27.2 Å². The predicted octanol–water partition coefficient (Wildman–Crippen LogP) is 0.846. The lowest BCUT2D eigenvalue weighted by Gasteiger charge is -2.41. The Hall–Kier alpha value is -0.160. The third-order valence-corrected chi connectivity index (χ3v) is 3.75. The maximum atomic E-state index is 5.72. The topological polar surface area (TPSA) is 35.7 Å². The zero-order valence-electron chi connectivity index (χ0n) is 11.9. The highest BCUT2D eigenvalue weighted by molar-refractivity contribution is 4.80. The number of nitrogens with two attached hydrogens (primary N) is 1. The molecule has 2 aliphatic heterocycles. The van der Waals surface area contributed by atoms with Crippen LogP contribution in [0.25, 0.3) is 0 Å². The van der Waals surface area contributed by atoms with Crippen molar-refractivity contribution in [1.82, 2.24) is 14.8 Å². The van der Waals surface area contributed by atoms with E-state index in [2.05, 4.69) is 16.7 Å². The van der Waals surface area contributed by atoms with E-state index in [1.54, 1.807) is 0 Å². The van der Waals surface area contributed by atoms with Gasteiger partial charge in [0, 0.05) is 52.4 Å². The fourth-order valence-electron chi connectivity index (χ4n) is 2.39. The van der Waals surface area contributed by atoms with Crippen molar-refractivity contribution in [3.8, 4) is 0 Å². The van der Waals surface area contributed by atoms with Gasteiger partial charge in [-0.15, -0.1) is 0 Å². The molecule has 2 rings (SSSR count). The van der Waals surface area contributed by atoms with E-state index in [9.17, 15) is 0 Å². The van der Waals surface area contributed by atoms with Gasteiger partial charge in [-0.3, -0.25) is 10.7 Å². The number of piperazine rings is 1. The Kier molecular flexibility index (Phi) is 7.04. The van der Waals surface area contributed by atoms with Gasteiger partial charge in [0.2, 0.25) is 0 Å². The molecule has 102 valence electrons. The second-order valence-electron chi connectivity index (χ2n) is 4.91. The van der Waals surface area contributed by atoms with Gasteiger partial charge in [0.05, 0.1) is 0 Å². The molecule has 17 heavy (non-hydrogen) atoms. The SMILES string of the molecule is CC.CCC1CN(CCN2CCN(N)CC2)C1. The highest BCUT2D eigenvalue weighted by Gasteiger charge is 2.25. The van der Waals surface area contributed by atoms with Gasteiger partial charge >= 0.3 is 0 Å². The van der Waals surface area contributed by atoms with Crippen molar-refractivity contribution < 1.29 is 0 Å². The van der Waals surface area contributed by atoms with Gasteiger partial charge < -0.3 is 4.90 Å². The van der Waals surface area contributed by atoms with E-state index in [0.717, 1.165) is 32.1 Å². The van der Waals surface area contributed by atoms with E-state index in [-0.39, 0.29) is 0 Å². The number of hydrogen-bond donors (Lipinski definition) is 1. The molecule has 0 spiro atoms. The van der Waals surface area contributed by atoms with Gasteiger partial charge in [-0.1, -0.05) is 27.2 Å². The summed E-state index contributed by atoms with van der Waals surface area (Å²) >= 11 is 0. The molecule has 2 fully saturated rings. The largest absolute Gasteiger partial charge is 0.301 e. The summed E-state index contributed by atoms with van der Waals surface area (Å²) < 4.78 is 0. The Balaban J connectivity index is 0.000000686. The summed E-state index contributed by atoms with van der Waals surface area (Å²) in [6, 6.07) is 0. The minimum atomic E-state index is 0.978. The van der Waals surface area contributed by atoms with Crippen LogP contribution in [-0.2, 0) is 0 Å². The van der Waals surface area contributed by atoms with Crippen LogP contribution in [0.4, 0.5) is 0 Å². The average Bonchev–Trinajstić information content (AvgIpc) is 2.32. The zero-order chi connectivity index (χ0) is 12.7. The summed E-state index contributed by atoms with van der Waals surface area (Å²) in [5.74, 6) is 6.70. The van der Waals surface area contributed by atoms with Crippen molar-refractivity contribution in [2.24, 2.45) is 11.8 Å². The van der Waals surface area contributed by atoms with Gasteiger partial charge in [0.25, 0.3) is 0 Å². The predicted molar refractivity (Wildman–Crippen MR) is 73.8 cm³/mol. The Morgan fingerprint density at radius 2 is 1.47 bits per heavy atom. The van der Waals surface area contributed by atoms with E-state index in [1.807, 2.05) is 18.9 Å². The lowest BCUT2D eigenvalue weighted by Crippen LogP contribution is -2.53. The molecule has 0 aliphatic carbocycles. The van der Waals surface area contributed by atoms with Crippen molar-refractivity contribution in [1.29, 1.82) is 0 Å². The molecule has 2 saturated heterocycles. The number of rotatable bonds is 4. The van der Waals surface area contributed by atoms with Crippen LogP contribution >= 0.6 is 0 Å². The zero-order valence-corrected chi connectivity index (χ0v) is 11.9. The maximum absolute atomic E-state index is 5.72. The minimum Gasteiger partial charge on any atom is -0.301 e. The molecule has 2 aliphatic rings. The van der Waals surface area contributed by atoms with E-state index < -0.39 is 0 Å². The first-order valence-corrected chi connectivity index (χ1v) is 7.22. The average molecular weight is 242 g/mol. The molecule has 0 aromatic rings. The lowest BCUT2D eigenvalue weighted by molar-refractivity contribution is 0.0679. The van der Waals surface area contributed by atoms with E-state index in [4.69, 9.17) is 5.84 Å². The molecule has 0 radical (unpaired) electrons. The van der Waals surface area contributed by atoms with Gasteiger partial charge in [-0.2, -0.15) is 0 Å². The molecule has 0 aromatic heterocycles. The number of hydrazine groups is 1. The van der Waals surface area contributed by atoms with Crippen LogP contribution in [0, 0.1) is 5.92 Å². The van der Waals surface area contributed by atoms with Gasteiger partial charge in [0.15, 0.2) is 0 Å². The second kappa shape index (κ2) is 8.03. The molecule has 0 saturated carbocycles. The quantitative estimate of drug-likeness (QED) is 0.741. The highest BCUT2D eigenvalue weighted by Crippen LogP contribution is 2.17. The normalized spacial score (nSPS) is 24.0. The van der Waals surface area contributed by atoms with Crippen LogP contribution in [0.15, 0.2) is 0 Å². The van der Waals surface area contributed by atoms with Crippen LogP contribution in [0.5, 0.6) is 0 Å². The molecule has 0 aromatic carbocycles. The van der Waals surface area contributed by atoms with Crippen LogP contribution in [-0.4, -0.2) is 67.2 Å². The Morgan fingerprint density at radius 3 is 2.00 bits per heavy atom. The van der Waals surface area contributed by atoms with Crippen LogP contribution in [0.1, 0.15) is 27.2 Å². The standard InChI is InChI=1S/C11H24N4.C2H6/c1-2-11-9-14(10-11)4-3-13-5-7-15(12)8-6-13;1-2/h11H,2-10,12H2,1H3;1-2H3. The van der Waals surface area contributed by atoms with Gasteiger partial charge in [-0.25, -0.2) is 5.01 Å². The molecular weight excluding hydrogens is 212 g/mol. The molecule has 0 atom stereocenters. The van der Waals surface area contributed by atoms with Crippen molar-refractivity contribution in [3.05, 3.63) is 0 Å². The van der Waals surface area contributed by atoms with Gasteiger partial charge in [-0.05, 0) is 5.92 Å². The van der Waals surface area contributed by atoms with E-state index >= 15 is 0 Å². The second-order valence-corrected chi connectivity index (χ2v) is 4.91. The van der Waals surface area contributed by atoms with Crippen LogP contribution in [0.3, 0.4) is 0 Å². The van der Waals surface area contributed by atoms with Crippen molar-refractivity contribution in [2.75, 3.05) is 52.4 Å². The van der Waals surface area contributed by atoms with E-state index in [1.165, 1.54) is 32.6 Å². The lowest BCUT2D eigenvalue weighted by atomic mass is 9.97. The van der Waals surface area contributed by atoms with Crippen molar-refractivity contribution >= 4 is 0 Å². The first kappa shape index (κ1) is 14.9. The molecule has 0 unspecified atom stereocenters. The van der Waals surface area contributed by atoms with Crippen LogP contribution in [0.2, 0.25) is 0 Å². The third kappa shape index (κ3) is 4.92. The van der Waals surface area contributed by atoms with E-state index in [0.29, 0.717) is 0 Å². The Bertz CT molecular complexity index is 184. The first-order chi connectivity index (χ1) is 8.28. The maximum Gasteiger partial charge on any atom is 0.0257 e. The third-order valence-electron chi connectivity index (χ3n) is 3.75. The highest BCUT2D eigenvalue weighted by atomic mass is 15.4. The smallest absolute Gasteiger partial charge is 0.0257 e. The first-order valence-electron chi connectivity index (χ1n) is 7.22. The summed E-state index contributed by atoms with van der Waals surface area (Å²) in [5, 5.41) is 1.92. The molecular formula is C13H30N4. The van der Waals surface area contributed by atoms with Crippen molar-refractivity contribution in [3.63, 3.8) is 0 Å². The molecule has 0 amide bonds. The molecule has 4 nitrogen and oxygen atoms in total. The summed E-state index contributed by atoms with van der Waals surface area (Å²) in [7, 11) is 0. The Morgan fingerprint density at radius 1 is 0.941 bits per heavy atom. The molecule has 2 N–H and O–H groups in total. The van der Waals surface area contributed by atoms with Gasteiger partial charge in [0.1, 0.15) is 0 Å². The monoisotopic (exact) mass is 242 g/mol. The molecule has 4 heteroatoms. The molecule has 2 heterocycles. The number of hydrogen-bond acceptors (Lipinski definition) is 4. The fourth-order valence-corrected chi connectivity index (χ4v) is 2.39. The summed E-state index contributed by atoms with van der Waals surface area (Å²) in [5.41, 5.74) is 0.